The second-order valence-corrected chi connectivity index (χ2v) is 5.91. The van der Waals surface area contributed by atoms with E-state index in [9.17, 15) is 8.78 Å². The van der Waals surface area contributed by atoms with E-state index >= 15 is 0 Å². The first-order valence-electron chi connectivity index (χ1n) is 7.87. The average molecular weight is 335 g/mol. The van der Waals surface area contributed by atoms with Crippen LogP contribution in [0.2, 0.25) is 0 Å². The molecule has 0 fully saturated rings. The van der Waals surface area contributed by atoms with E-state index in [-0.39, 0.29) is 17.7 Å². The fraction of sp³-hybridized carbons (Fsp3) is 0.0500. The summed E-state index contributed by atoms with van der Waals surface area (Å²) < 4.78 is 28.3. The van der Waals surface area contributed by atoms with Crippen LogP contribution in [-0.2, 0) is 6.42 Å². The molecule has 5 heteroatoms. The van der Waals surface area contributed by atoms with Gasteiger partial charge in [0.25, 0.3) is 0 Å². The maximum atomic E-state index is 14.2. The number of aromatic nitrogens is 2. The summed E-state index contributed by atoms with van der Waals surface area (Å²) in [4.78, 5) is 7.47. The van der Waals surface area contributed by atoms with Gasteiger partial charge in [-0.25, -0.2) is 13.8 Å². The smallest absolute Gasteiger partial charge is 0.152 e. The molecule has 0 aliphatic rings. The third-order valence-corrected chi connectivity index (χ3v) is 4.31. The predicted molar refractivity (Wildman–Crippen MR) is 95.1 cm³/mol. The normalized spacial score (nSPS) is 11.1. The number of H-pyrrole nitrogens is 1. The molecule has 25 heavy (non-hydrogen) atoms. The number of nitrogens with zero attached hydrogens (tertiary/aromatic N) is 1. The lowest BCUT2D eigenvalue weighted by molar-refractivity contribution is 0.564. The van der Waals surface area contributed by atoms with Gasteiger partial charge < -0.3 is 10.7 Å². The zero-order chi connectivity index (χ0) is 17.4. The van der Waals surface area contributed by atoms with E-state index < -0.39 is 11.6 Å². The highest BCUT2D eigenvalue weighted by Crippen LogP contribution is 2.28. The molecular weight excluding hydrogens is 320 g/mol. The first kappa shape index (κ1) is 15.3. The van der Waals surface area contributed by atoms with E-state index in [4.69, 9.17) is 5.73 Å². The summed E-state index contributed by atoms with van der Waals surface area (Å²) in [7, 11) is 0. The molecule has 0 radical (unpaired) electrons. The Bertz CT molecular complexity index is 1060. The highest BCUT2D eigenvalue weighted by molar-refractivity contribution is 5.85. The minimum Gasteiger partial charge on any atom is -0.396 e. The van der Waals surface area contributed by atoms with Gasteiger partial charge in [0.05, 0.1) is 5.69 Å². The average Bonchev–Trinajstić information content (AvgIpc) is 3.05. The van der Waals surface area contributed by atoms with E-state index in [0.29, 0.717) is 5.65 Å². The summed E-state index contributed by atoms with van der Waals surface area (Å²) in [6, 6.07) is 14.2. The second-order valence-electron chi connectivity index (χ2n) is 5.91. The van der Waals surface area contributed by atoms with Gasteiger partial charge in [0.2, 0.25) is 0 Å². The summed E-state index contributed by atoms with van der Waals surface area (Å²) in [5, 5.41) is 0.836. The van der Waals surface area contributed by atoms with Crippen LogP contribution in [0.3, 0.4) is 0 Å². The van der Waals surface area contributed by atoms with Gasteiger partial charge >= 0.3 is 0 Å². The maximum absolute atomic E-state index is 14.2. The van der Waals surface area contributed by atoms with Crippen molar-refractivity contribution in [1.82, 2.24) is 9.97 Å². The number of hydrogen-bond donors (Lipinski definition) is 2. The van der Waals surface area contributed by atoms with Gasteiger partial charge in [0.15, 0.2) is 5.82 Å². The van der Waals surface area contributed by atoms with Gasteiger partial charge in [0.1, 0.15) is 11.5 Å². The Balaban J connectivity index is 1.80. The molecule has 0 aliphatic heterocycles. The first-order chi connectivity index (χ1) is 12.1. The number of rotatable bonds is 3. The molecule has 0 unspecified atom stereocenters. The molecule has 0 saturated carbocycles. The van der Waals surface area contributed by atoms with Crippen molar-refractivity contribution in [2.45, 2.75) is 6.42 Å². The van der Waals surface area contributed by atoms with Crippen LogP contribution in [0.4, 0.5) is 14.5 Å². The van der Waals surface area contributed by atoms with Crippen LogP contribution in [0.5, 0.6) is 0 Å². The molecule has 4 aromatic rings. The molecule has 3 N–H and O–H groups in total. The topological polar surface area (TPSA) is 54.7 Å². The minimum absolute atomic E-state index is 0.0361. The summed E-state index contributed by atoms with van der Waals surface area (Å²) in [5.41, 5.74) is 8.90. The van der Waals surface area contributed by atoms with Crippen LogP contribution in [0, 0.1) is 11.6 Å². The van der Waals surface area contributed by atoms with Gasteiger partial charge in [-0.1, -0.05) is 30.3 Å². The number of nitrogens with two attached hydrogens (primary N) is 1. The lowest BCUT2D eigenvalue weighted by Gasteiger charge is -2.07. The van der Waals surface area contributed by atoms with Crippen LogP contribution >= 0.6 is 0 Å². The molecule has 124 valence electrons. The van der Waals surface area contributed by atoms with Gasteiger partial charge in [-0.05, 0) is 29.3 Å². The number of pyridine rings is 1. The molecule has 0 amide bonds. The van der Waals surface area contributed by atoms with Crippen molar-refractivity contribution in [2.75, 3.05) is 5.73 Å². The molecule has 2 heterocycles. The largest absolute Gasteiger partial charge is 0.396 e. The third-order valence-electron chi connectivity index (χ3n) is 4.31. The van der Waals surface area contributed by atoms with Crippen molar-refractivity contribution in [3.05, 3.63) is 83.7 Å². The predicted octanol–water partition coefficient (Wildman–Crippen LogP) is 4.68. The van der Waals surface area contributed by atoms with E-state index in [1.54, 1.807) is 12.4 Å². The van der Waals surface area contributed by atoms with E-state index in [2.05, 4.69) is 9.97 Å². The van der Waals surface area contributed by atoms with Crippen molar-refractivity contribution in [3.63, 3.8) is 0 Å². The molecular formula is C20H15F2N3. The second kappa shape index (κ2) is 6.02. The number of fused-ring (bicyclic) bond motifs is 1. The molecule has 2 aromatic carbocycles. The zero-order valence-electron chi connectivity index (χ0n) is 13.3. The Morgan fingerprint density at radius 3 is 2.60 bits per heavy atom. The van der Waals surface area contributed by atoms with Gasteiger partial charge in [-0.3, -0.25) is 0 Å². The lowest BCUT2D eigenvalue weighted by Crippen LogP contribution is -2.01. The van der Waals surface area contributed by atoms with E-state index in [1.165, 1.54) is 12.1 Å². The number of nitrogen functional groups attached to an aromatic ring is 1. The van der Waals surface area contributed by atoms with Crippen LogP contribution < -0.4 is 5.73 Å². The molecule has 3 nitrogen and oxygen atoms in total. The highest BCUT2D eigenvalue weighted by atomic mass is 19.1. The Kier molecular flexibility index (Phi) is 3.69. The Hall–Kier alpha value is -3.21. The molecule has 2 aromatic heterocycles. The maximum Gasteiger partial charge on any atom is 0.152 e. The van der Waals surface area contributed by atoms with Crippen LogP contribution in [0.25, 0.3) is 22.2 Å². The standard InChI is InChI=1S/C20H15F2N3/c21-17-6-7-18(23)19(22)16(17)9-14-11-25-20-15(14)8-13(10-24-20)12-4-2-1-3-5-12/h1-8,10-11H,9,23H2,(H,24,25). The van der Waals surface area contributed by atoms with Crippen molar-refractivity contribution in [2.24, 2.45) is 0 Å². The molecule has 0 bridgehead atoms. The zero-order valence-corrected chi connectivity index (χ0v) is 13.3. The summed E-state index contributed by atoms with van der Waals surface area (Å²) in [5.74, 6) is -1.31. The van der Waals surface area contributed by atoms with Crippen LogP contribution in [0.15, 0.2) is 60.9 Å². The molecule has 0 aliphatic carbocycles. The van der Waals surface area contributed by atoms with Crippen LogP contribution in [0.1, 0.15) is 11.1 Å². The monoisotopic (exact) mass is 335 g/mol. The number of nitrogens with one attached hydrogen (secondary N) is 1. The first-order valence-corrected chi connectivity index (χ1v) is 7.87. The van der Waals surface area contributed by atoms with Gasteiger partial charge in [-0.2, -0.15) is 0 Å². The SMILES string of the molecule is Nc1ccc(F)c(Cc2c[nH]c3ncc(-c4ccccc4)cc23)c1F. The summed E-state index contributed by atoms with van der Waals surface area (Å²) in [6.07, 6.45) is 3.61. The number of hydrogen-bond acceptors (Lipinski definition) is 2. The highest BCUT2D eigenvalue weighted by Gasteiger charge is 2.15. The number of halogens is 2. The minimum atomic E-state index is -0.707. The lowest BCUT2D eigenvalue weighted by atomic mass is 10.0. The number of benzene rings is 2. The fourth-order valence-electron chi connectivity index (χ4n) is 2.96. The molecule has 0 atom stereocenters. The Morgan fingerprint density at radius 2 is 1.80 bits per heavy atom. The Labute approximate surface area is 143 Å². The number of anilines is 1. The number of aromatic amines is 1. The van der Waals surface area contributed by atoms with E-state index in [1.807, 2.05) is 36.4 Å². The fourth-order valence-corrected chi connectivity index (χ4v) is 2.96. The molecule has 0 spiro atoms. The Morgan fingerprint density at radius 1 is 1.00 bits per heavy atom. The third kappa shape index (κ3) is 2.74. The van der Waals surface area contributed by atoms with Gasteiger partial charge in [0, 0.05) is 35.3 Å². The van der Waals surface area contributed by atoms with Gasteiger partial charge in [-0.15, -0.1) is 0 Å². The van der Waals surface area contributed by atoms with Crippen molar-refractivity contribution in [3.8, 4) is 11.1 Å². The van der Waals surface area contributed by atoms with E-state index in [0.717, 1.165) is 22.1 Å². The van der Waals surface area contributed by atoms with Crippen LogP contribution in [-0.4, -0.2) is 9.97 Å². The van der Waals surface area contributed by atoms with Crippen molar-refractivity contribution >= 4 is 16.7 Å². The molecule has 4 rings (SSSR count). The summed E-state index contributed by atoms with van der Waals surface area (Å²) in [6.45, 7) is 0. The molecule has 0 saturated heterocycles. The summed E-state index contributed by atoms with van der Waals surface area (Å²) >= 11 is 0. The van der Waals surface area contributed by atoms with Crippen molar-refractivity contribution < 1.29 is 8.78 Å². The van der Waals surface area contributed by atoms with Crippen molar-refractivity contribution in [1.29, 1.82) is 0 Å². The quantitative estimate of drug-likeness (QED) is 0.534.